The minimum absolute atomic E-state index is 0.536. The number of benzene rings is 1. The lowest BCUT2D eigenvalue weighted by molar-refractivity contribution is 0.461. The largest absolute Gasteiger partial charge is 0.367 e. The number of para-hydroxylation sites is 1. The highest BCUT2D eigenvalue weighted by atomic mass is 15.2. The van der Waals surface area contributed by atoms with Gasteiger partial charge in [0.25, 0.3) is 0 Å². The molecule has 2 aliphatic rings. The Morgan fingerprint density at radius 1 is 0.810 bits per heavy atom. The van der Waals surface area contributed by atoms with Crippen molar-refractivity contribution >= 4 is 22.7 Å². The van der Waals surface area contributed by atoms with E-state index in [0.29, 0.717) is 12.1 Å². The van der Waals surface area contributed by atoms with E-state index in [-0.39, 0.29) is 0 Å². The Morgan fingerprint density at radius 3 is 2.38 bits per heavy atom. The number of fused-ring (bicyclic) bond motifs is 1. The first-order valence-electron chi connectivity index (χ1n) is 8.18. The minimum Gasteiger partial charge on any atom is -0.367 e. The topological polar surface area (TPSA) is 49.8 Å². The Morgan fingerprint density at radius 2 is 1.57 bits per heavy atom. The molecule has 2 saturated carbocycles. The fourth-order valence-electron chi connectivity index (χ4n) is 3.10. The molecule has 21 heavy (non-hydrogen) atoms. The second kappa shape index (κ2) is 5.51. The molecule has 0 amide bonds. The van der Waals surface area contributed by atoms with Gasteiger partial charge in [0.15, 0.2) is 0 Å². The number of hydrogen-bond donors (Lipinski definition) is 2. The Bertz CT molecular complexity index is 630. The summed E-state index contributed by atoms with van der Waals surface area (Å²) in [5.74, 6) is 1.77. The molecule has 0 bridgehead atoms. The van der Waals surface area contributed by atoms with Crippen LogP contribution in [0.5, 0.6) is 0 Å². The molecule has 4 nitrogen and oxygen atoms in total. The van der Waals surface area contributed by atoms with Gasteiger partial charge in [-0.3, -0.25) is 0 Å². The third-order valence-electron chi connectivity index (χ3n) is 4.46. The van der Waals surface area contributed by atoms with Crippen LogP contribution in [0.4, 0.5) is 11.8 Å². The number of nitrogens with zero attached hydrogens (tertiary/aromatic N) is 2. The van der Waals surface area contributed by atoms with Crippen molar-refractivity contribution in [2.24, 2.45) is 0 Å². The van der Waals surface area contributed by atoms with Crippen molar-refractivity contribution in [1.82, 2.24) is 9.97 Å². The van der Waals surface area contributed by atoms with E-state index in [1.54, 1.807) is 0 Å². The van der Waals surface area contributed by atoms with Crippen LogP contribution in [-0.4, -0.2) is 22.1 Å². The van der Waals surface area contributed by atoms with E-state index in [0.717, 1.165) is 22.7 Å². The summed E-state index contributed by atoms with van der Waals surface area (Å²) in [5, 5.41) is 8.21. The lowest BCUT2D eigenvalue weighted by Gasteiger charge is -2.23. The summed E-state index contributed by atoms with van der Waals surface area (Å²) in [4.78, 5) is 9.44. The standard InChI is InChI=1S/C17H22N4/c1-2-6-12(7-3-1)19-17-20-15-9-5-4-8-14(15)16(21-17)18-13-10-11-13/h4-5,8-9,12-13H,1-3,6-7,10-11H2,(H2,18,19,20,21). The maximum absolute atomic E-state index is 4.74. The highest BCUT2D eigenvalue weighted by Gasteiger charge is 2.23. The van der Waals surface area contributed by atoms with E-state index in [1.807, 2.05) is 6.07 Å². The average Bonchev–Trinajstić information content (AvgIpc) is 3.32. The maximum atomic E-state index is 4.74. The molecule has 2 aromatic rings. The molecule has 4 rings (SSSR count). The van der Waals surface area contributed by atoms with Crippen LogP contribution in [0.3, 0.4) is 0 Å². The second-order valence-electron chi connectivity index (χ2n) is 6.31. The van der Waals surface area contributed by atoms with E-state index in [4.69, 9.17) is 9.97 Å². The van der Waals surface area contributed by atoms with Crippen LogP contribution in [-0.2, 0) is 0 Å². The molecular weight excluding hydrogens is 260 g/mol. The summed E-state index contributed by atoms with van der Waals surface area (Å²) in [6, 6.07) is 9.41. The van der Waals surface area contributed by atoms with Crippen LogP contribution in [0.1, 0.15) is 44.9 Å². The lowest BCUT2D eigenvalue weighted by Crippen LogP contribution is -2.23. The molecule has 0 spiro atoms. The number of hydrogen-bond acceptors (Lipinski definition) is 4. The van der Waals surface area contributed by atoms with Gasteiger partial charge in [0.05, 0.1) is 5.52 Å². The SMILES string of the molecule is c1ccc2c(NC3CC3)nc(NC3CCCCC3)nc2c1. The number of anilines is 2. The molecular formula is C17H22N4. The van der Waals surface area contributed by atoms with Crippen molar-refractivity contribution < 1.29 is 0 Å². The van der Waals surface area contributed by atoms with Crippen LogP contribution in [0.2, 0.25) is 0 Å². The van der Waals surface area contributed by atoms with E-state index >= 15 is 0 Å². The third kappa shape index (κ3) is 2.94. The number of aromatic nitrogens is 2. The Hall–Kier alpha value is -1.84. The first kappa shape index (κ1) is 12.9. The Balaban J connectivity index is 1.64. The summed E-state index contributed by atoms with van der Waals surface area (Å²) in [7, 11) is 0. The van der Waals surface area contributed by atoms with Crippen molar-refractivity contribution in [3.8, 4) is 0 Å². The maximum Gasteiger partial charge on any atom is 0.225 e. The van der Waals surface area contributed by atoms with Crippen molar-refractivity contribution in [2.75, 3.05) is 10.6 Å². The van der Waals surface area contributed by atoms with Gasteiger partial charge in [-0.15, -0.1) is 0 Å². The number of nitrogens with one attached hydrogen (secondary N) is 2. The fraction of sp³-hybridized carbons (Fsp3) is 0.529. The van der Waals surface area contributed by atoms with Crippen LogP contribution in [0.15, 0.2) is 24.3 Å². The molecule has 2 aliphatic carbocycles. The monoisotopic (exact) mass is 282 g/mol. The zero-order valence-electron chi connectivity index (χ0n) is 12.3. The summed E-state index contributed by atoms with van der Waals surface area (Å²) in [6.07, 6.45) is 8.98. The van der Waals surface area contributed by atoms with E-state index in [2.05, 4.69) is 28.8 Å². The molecule has 2 fully saturated rings. The quantitative estimate of drug-likeness (QED) is 0.891. The fourth-order valence-corrected chi connectivity index (χ4v) is 3.10. The third-order valence-corrected chi connectivity index (χ3v) is 4.46. The summed E-state index contributed by atoms with van der Waals surface area (Å²) in [5.41, 5.74) is 1.02. The van der Waals surface area contributed by atoms with Gasteiger partial charge in [-0.2, -0.15) is 4.98 Å². The van der Waals surface area contributed by atoms with Gasteiger partial charge in [-0.1, -0.05) is 31.4 Å². The van der Waals surface area contributed by atoms with Crippen molar-refractivity contribution in [3.05, 3.63) is 24.3 Å². The molecule has 2 N–H and O–H groups in total. The van der Waals surface area contributed by atoms with Crippen molar-refractivity contribution in [3.63, 3.8) is 0 Å². The molecule has 1 heterocycles. The van der Waals surface area contributed by atoms with Gasteiger partial charge in [-0.25, -0.2) is 4.98 Å². The summed E-state index contributed by atoms with van der Waals surface area (Å²) < 4.78 is 0. The van der Waals surface area contributed by atoms with E-state index in [1.165, 1.54) is 44.9 Å². The zero-order chi connectivity index (χ0) is 14.1. The number of rotatable bonds is 4. The highest BCUT2D eigenvalue weighted by Crippen LogP contribution is 2.29. The molecule has 110 valence electrons. The molecule has 0 saturated heterocycles. The minimum atomic E-state index is 0.536. The Kier molecular flexibility index (Phi) is 3.37. The van der Waals surface area contributed by atoms with Gasteiger partial charge in [0.1, 0.15) is 5.82 Å². The van der Waals surface area contributed by atoms with Crippen LogP contribution < -0.4 is 10.6 Å². The molecule has 0 aliphatic heterocycles. The first-order valence-corrected chi connectivity index (χ1v) is 8.18. The van der Waals surface area contributed by atoms with E-state index in [9.17, 15) is 0 Å². The predicted molar refractivity (Wildman–Crippen MR) is 86.7 cm³/mol. The average molecular weight is 282 g/mol. The van der Waals surface area contributed by atoms with Gasteiger partial charge < -0.3 is 10.6 Å². The molecule has 4 heteroatoms. The summed E-state index contributed by atoms with van der Waals surface area (Å²) >= 11 is 0. The molecule has 0 atom stereocenters. The molecule has 1 aromatic heterocycles. The van der Waals surface area contributed by atoms with Gasteiger partial charge in [0, 0.05) is 17.5 Å². The molecule has 0 radical (unpaired) electrons. The second-order valence-corrected chi connectivity index (χ2v) is 6.31. The van der Waals surface area contributed by atoms with Gasteiger partial charge in [-0.05, 0) is 37.8 Å². The van der Waals surface area contributed by atoms with Crippen LogP contribution in [0.25, 0.3) is 10.9 Å². The lowest BCUT2D eigenvalue weighted by atomic mass is 9.96. The van der Waals surface area contributed by atoms with E-state index < -0.39 is 0 Å². The highest BCUT2D eigenvalue weighted by molar-refractivity contribution is 5.90. The first-order chi connectivity index (χ1) is 10.4. The summed E-state index contributed by atoms with van der Waals surface area (Å²) in [6.45, 7) is 0. The zero-order valence-corrected chi connectivity index (χ0v) is 12.3. The molecule has 0 unspecified atom stereocenters. The smallest absolute Gasteiger partial charge is 0.225 e. The van der Waals surface area contributed by atoms with Gasteiger partial charge in [0.2, 0.25) is 5.95 Å². The molecule has 1 aromatic carbocycles. The van der Waals surface area contributed by atoms with Crippen LogP contribution in [0, 0.1) is 0 Å². The normalized spacial score (nSPS) is 19.6. The van der Waals surface area contributed by atoms with Gasteiger partial charge >= 0.3 is 0 Å². The van der Waals surface area contributed by atoms with Crippen molar-refractivity contribution in [2.45, 2.75) is 57.0 Å². The predicted octanol–water partition coefficient (Wildman–Crippen LogP) is 3.95. The van der Waals surface area contributed by atoms with Crippen molar-refractivity contribution in [1.29, 1.82) is 0 Å². The Labute approximate surface area is 125 Å². The van der Waals surface area contributed by atoms with Crippen LogP contribution >= 0.6 is 0 Å².